The first-order valence-corrected chi connectivity index (χ1v) is 8.74. The van der Waals surface area contributed by atoms with Crippen LogP contribution < -0.4 is 4.74 Å². The van der Waals surface area contributed by atoms with Crippen molar-refractivity contribution in [1.29, 1.82) is 0 Å². The minimum atomic E-state index is -0.0624. The molecule has 24 heavy (non-hydrogen) atoms. The summed E-state index contributed by atoms with van der Waals surface area (Å²) < 4.78 is 11.2. The summed E-state index contributed by atoms with van der Waals surface area (Å²) in [5, 5.41) is 0. The molecule has 1 aromatic carbocycles. The third-order valence-electron chi connectivity index (χ3n) is 3.69. The number of ether oxygens (including phenoxy) is 1. The quantitative estimate of drug-likeness (QED) is 0.595. The minimum Gasteiger partial charge on any atom is -0.497 e. The van der Waals surface area contributed by atoms with Crippen molar-refractivity contribution in [2.75, 3.05) is 13.7 Å². The van der Waals surface area contributed by atoms with Crippen LogP contribution in [0.15, 0.2) is 45.7 Å². The van der Waals surface area contributed by atoms with E-state index in [1.54, 1.807) is 18.1 Å². The normalized spacial score (nSPS) is 16.2. The van der Waals surface area contributed by atoms with Crippen LogP contribution in [0.25, 0.3) is 6.08 Å². The number of rotatable bonds is 5. The summed E-state index contributed by atoms with van der Waals surface area (Å²) in [7, 11) is 1.64. The van der Waals surface area contributed by atoms with Crippen LogP contribution in [0.5, 0.6) is 5.75 Å². The summed E-state index contributed by atoms with van der Waals surface area (Å²) >= 11 is 6.66. The summed E-state index contributed by atoms with van der Waals surface area (Å²) in [4.78, 5) is 14.8. The standard InChI is InChI=1S/C18H17NO3S2/c1-12-3-6-15(22-12)11-16-17(20)19(18(23)24-16)10-9-13-4-7-14(21-2)8-5-13/h3-8,11H,9-10H2,1-2H3/b16-11+. The second kappa shape index (κ2) is 7.23. The number of amides is 1. The molecule has 2 heterocycles. The maximum atomic E-state index is 12.5. The van der Waals surface area contributed by atoms with Gasteiger partial charge in [-0.2, -0.15) is 0 Å². The molecular weight excluding hydrogens is 342 g/mol. The number of nitrogens with zero attached hydrogens (tertiary/aromatic N) is 1. The zero-order valence-corrected chi connectivity index (χ0v) is 15.1. The van der Waals surface area contributed by atoms with Gasteiger partial charge in [-0.05, 0) is 43.2 Å². The van der Waals surface area contributed by atoms with Gasteiger partial charge in [0.1, 0.15) is 21.6 Å². The van der Waals surface area contributed by atoms with Crippen molar-refractivity contribution >= 4 is 40.3 Å². The van der Waals surface area contributed by atoms with E-state index < -0.39 is 0 Å². The van der Waals surface area contributed by atoms with Crippen LogP contribution >= 0.6 is 24.0 Å². The highest BCUT2D eigenvalue weighted by molar-refractivity contribution is 8.26. The summed E-state index contributed by atoms with van der Waals surface area (Å²) in [6, 6.07) is 11.5. The highest BCUT2D eigenvalue weighted by atomic mass is 32.2. The van der Waals surface area contributed by atoms with Gasteiger partial charge in [0.15, 0.2) is 0 Å². The third kappa shape index (κ3) is 3.71. The lowest BCUT2D eigenvalue weighted by atomic mass is 10.1. The number of carbonyl (C=O) groups is 1. The monoisotopic (exact) mass is 359 g/mol. The SMILES string of the molecule is COc1ccc(CCN2C(=O)/C(=C\c3ccc(C)o3)SC2=S)cc1. The Hall–Kier alpha value is -2.05. The van der Waals surface area contributed by atoms with Crippen LogP contribution in [-0.2, 0) is 11.2 Å². The topological polar surface area (TPSA) is 42.7 Å². The first-order chi connectivity index (χ1) is 11.6. The Morgan fingerprint density at radius 1 is 1.25 bits per heavy atom. The fraction of sp³-hybridized carbons (Fsp3) is 0.222. The maximum absolute atomic E-state index is 12.5. The fourth-order valence-electron chi connectivity index (χ4n) is 2.39. The summed E-state index contributed by atoms with van der Waals surface area (Å²) in [6.45, 7) is 2.43. The molecule has 1 aliphatic rings. The summed E-state index contributed by atoms with van der Waals surface area (Å²) in [6.07, 6.45) is 2.49. The smallest absolute Gasteiger partial charge is 0.266 e. The van der Waals surface area contributed by atoms with Gasteiger partial charge in [-0.1, -0.05) is 36.1 Å². The zero-order valence-electron chi connectivity index (χ0n) is 13.4. The van der Waals surface area contributed by atoms with Crippen molar-refractivity contribution in [1.82, 2.24) is 4.90 Å². The van der Waals surface area contributed by atoms with Crippen molar-refractivity contribution < 1.29 is 13.9 Å². The molecule has 0 aliphatic carbocycles. The number of aryl methyl sites for hydroxylation is 1. The number of hydrogen-bond acceptors (Lipinski definition) is 5. The van der Waals surface area contributed by atoms with E-state index in [9.17, 15) is 4.79 Å². The maximum Gasteiger partial charge on any atom is 0.266 e. The molecule has 1 amide bonds. The van der Waals surface area contributed by atoms with E-state index in [0.29, 0.717) is 21.5 Å². The van der Waals surface area contributed by atoms with Crippen LogP contribution in [-0.4, -0.2) is 28.8 Å². The lowest BCUT2D eigenvalue weighted by molar-refractivity contribution is -0.122. The average molecular weight is 359 g/mol. The van der Waals surface area contributed by atoms with Crippen LogP contribution in [0.4, 0.5) is 0 Å². The number of thiocarbonyl (C=S) groups is 1. The van der Waals surface area contributed by atoms with E-state index in [1.807, 2.05) is 43.3 Å². The van der Waals surface area contributed by atoms with Gasteiger partial charge < -0.3 is 9.15 Å². The van der Waals surface area contributed by atoms with Gasteiger partial charge in [-0.15, -0.1) is 0 Å². The van der Waals surface area contributed by atoms with E-state index in [4.69, 9.17) is 21.4 Å². The summed E-state index contributed by atoms with van der Waals surface area (Å²) in [5.74, 6) is 2.24. The molecule has 1 saturated heterocycles. The number of furan rings is 1. The van der Waals surface area contributed by atoms with Crippen LogP contribution in [0.3, 0.4) is 0 Å². The highest BCUT2D eigenvalue weighted by Gasteiger charge is 2.31. The largest absolute Gasteiger partial charge is 0.497 e. The van der Waals surface area contributed by atoms with Gasteiger partial charge in [0, 0.05) is 12.6 Å². The number of hydrogen-bond donors (Lipinski definition) is 0. The van der Waals surface area contributed by atoms with E-state index in [0.717, 1.165) is 23.5 Å². The molecule has 0 unspecified atom stereocenters. The van der Waals surface area contributed by atoms with Gasteiger partial charge in [-0.3, -0.25) is 9.69 Å². The minimum absolute atomic E-state index is 0.0624. The van der Waals surface area contributed by atoms with Crippen LogP contribution in [0.1, 0.15) is 17.1 Å². The van der Waals surface area contributed by atoms with Gasteiger partial charge in [0.25, 0.3) is 5.91 Å². The Labute approximate surface area is 150 Å². The molecule has 0 saturated carbocycles. The molecule has 6 heteroatoms. The Morgan fingerprint density at radius 2 is 2.00 bits per heavy atom. The van der Waals surface area contributed by atoms with Gasteiger partial charge in [0.05, 0.1) is 12.0 Å². The molecule has 2 aromatic rings. The second-order valence-electron chi connectivity index (χ2n) is 5.38. The van der Waals surface area contributed by atoms with Gasteiger partial charge in [-0.25, -0.2) is 0 Å². The molecule has 124 valence electrons. The van der Waals surface area contributed by atoms with Gasteiger partial charge in [0.2, 0.25) is 0 Å². The predicted octanol–water partition coefficient (Wildman–Crippen LogP) is 4.04. The molecule has 0 atom stereocenters. The molecule has 0 spiro atoms. The van der Waals surface area contributed by atoms with E-state index in [-0.39, 0.29) is 5.91 Å². The molecule has 3 rings (SSSR count). The van der Waals surface area contributed by atoms with Crippen molar-refractivity contribution in [2.24, 2.45) is 0 Å². The zero-order chi connectivity index (χ0) is 17.1. The molecule has 0 bridgehead atoms. The lowest BCUT2D eigenvalue weighted by Crippen LogP contribution is -2.30. The van der Waals surface area contributed by atoms with E-state index in [1.165, 1.54) is 11.8 Å². The first kappa shape index (κ1) is 16.8. The Kier molecular flexibility index (Phi) is 5.06. The molecule has 1 aliphatic heterocycles. The number of benzene rings is 1. The fourth-order valence-corrected chi connectivity index (χ4v) is 3.67. The van der Waals surface area contributed by atoms with Crippen molar-refractivity contribution in [3.8, 4) is 5.75 Å². The summed E-state index contributed by atoms with van der Waals surface area (Å²) in [5.41, 5.74) is 1.13. The molecule has 1 aromatic heterocycles. The molecule has 0 N–H and O–H groups in total. The molecule has 1 fully saturated rings. The Bertz CT molecular complexity index is 793. The van der Waals surface area contributed by atoms with E-state index >= 15 is 0 Å². The lowest BCUT2D eigenvalue weighted by Gasteiger charge is -2.14. The Balaban J connectivity index is 1.66. The third-order valence-corrected chi connectivity index (χ3v) is 5.07. The molecule has 4 nitrogen and oxygen atoms in total. The first-order valence-electron chi connectivity index (χ1n) is 7.51. The second-order valence-corrected chi connectivity index (χ2v) is 7.06. The average Bonchev–Trinajstić information content (AvgIpc) is 3.10. The van der Waals surface area contributed by atoms with Crippen molar-refractivity contribution in [3.05, 3.63) is 58.4 Å². The van der Waals surface area contributed by atoms with Crippen LogP contribution in [0, 0.1) is 6.92 Å². The van der Waals surface area contributed by atoms with Crippen molar-refractivity contribution in [2.45, 2.75) is 13.3 Å². The predicted molar refractivity (Wildman–Crippen MR) is 100 cm³/mol. The molecular formula is C18H17NO3S2. The number of thioether (sulfide) groups is 1. The highest BCUT2D eigenvalue weighted by Crippen LogP contribution is 2.32. The van der Waals surface area contributed by atoms with Crippen LogP contribution in [0.2, 0.25) is 0 Å². The molecule has 0 radical (unpaired) electrons. The van der Waals surface area contributed by atoms with Gasteiger partial charge >= 0.3 is 0 Å². The number of methoxy groups -OCH3 is 1. The Morgan fingerprint density at radius 3 is 2.62 bits per heavy atom. The van der Waals surface area contributed by atoms with E-state index in [2.05, 4.69) is 0 Å². The van der Waals surface area contributed by atoms with Crippen molar-refractivity contribution in [3.63, 3.8) is 0 Å². The number of carbonyl (C=O) groups excluding carboxylic acids is 1.